The van der Waals surface area contributed by atoms with E-state index in [1.807, 2.05) is 0 Å². The molecular formula is C22H26FN3O5S. The van der Waals surface area contributed by atoms with Gasteiger partial charge < -0.3 is 4.90 Å². The highest BCUT2D eigenvalue weighted by molar-refractivity contribution is 7.89. The van der Waals surface area contributed by atoms with Gasteiger partial charge in [0.25, 0.3) is 5.91 Å². The lowest BCUT2D eigenvalue weighted by molar-refractivity contribution is -0.136. The number of piperidine rings is 2. The third-order valence-corrected chi connectivity index (χ3v) is 9.78. The minimum absolute atomic E-state index is 0.0539. The van der Waals surface area contributed by atoms with Gasteiger partial charge in [-0.1, -0.05) is 6.42 Å². The monoisotopic (exact) mass is 463 g/mol. The smallest absolute Gasteiger partial charge is 0.255 e. The standard InChI is InChI=1S/C22H26FN3O5S/c23-14-10-16(13-6-8-25(9-7-13)32(30,31)15-2-1-3-15)18-12-26(22(29)17(18)11-14)19-4-5-20(27)24-21(19)28/h10-11,13,15,19H,1-9,12H2,(H,24,27,28). The number of nitrogens with one attached hydrogen (secondary N) is 1. The van der Waals surface area contributed by atoms with Crippen molar-refractivity contribution in [1.82, 2.24) is 14.5 Å². The maximum Gasteiger partial charge on any atom is 0.255 e. The molecule has 172 valence electrons. The summed E-state index contributed by atoms with van der Waals surface area (Å²) >= 11 is 0. The summed E-state index contributed by atoms with van der Waals surface area (Å²) in [5.41, 5.74) is 1.69. The van der Waals surface area contributed by atoms with E-state index in [9.17, 15) is 27.2 Å². The van der Waals surface area contributed by atoms with E-state index >= 15 is 0 Å². The molecule has 1 aromatic rings. The van der Waals surface area contributed by atoms with Crippen LogP contribution in [0.4, 0.5) is 4.39 Å². The Morgan fingerprint density at radius 3 is 2.34 bits per heavy atom. The lowest BCUT2D eigenvalue weighted by atomic mass is 9.86. The van der Waals surface area contributed by atoms with Crippen molar-refractivity contribution in [2.45, 2.75) is 68.7 Å². The average molecular weight is 464 g/mol. The molecule has 1 saturated carbocycles. The molecule has 0 bridgehead atoms. The first-order valence-electron chi connectivity index (χ1n) is 11.2. The zero-order valence-electron chi connectivity index (χ0n) is 17.7. The Morgan fingerprint density at radius 2 is 1.72 bits per heavy atom. The van der Waals surface area contributed by atoms with Gasteiger partial charge in [0.2, 0.25) is 21.8 Å². The van der Waals surface area contributed by atoms with E-state index in [0.717, 1.165) is 24.8 Å². The van der Waals surface area contributed by atoms with Gasteiger partial charge in [-0.3, -0.25) is 19.7 Å². The summed E-state index contributed by atoms with van der Waals surface area (Å²) < 4.78 is 41.5. The molecule has 10 heteroatoms. The van der Waals surface area contributed by atoms with Crippen LogP contribution >= 0.6 is 0 Å². The predicted molar refractivity (Wildman–Crippen MR) is 113 cm³/mol. The van der Waals surface area contributed by atoms with Gasteiger partial charge in [-0.25, -0.2) is 17.1 Å². The Morgan fingerprint density at radius 1 is 1.00 bits per heavy atom. The summed E-state index contributed by atoms with van der Waals surface area (Å²) in [6, 6.07) is 1.90. The minimum Gasteiger partial charge on any atom is -0.322 e. The fourth-order valence-electron chi connectivity index (χ4n) is 5.32. The first kappa shape index (κ1) is 21.5. The van der Waals surface area contributed by atoms with Gasteiger partial charge in [-0.2, -0.15) is 0 Å². The summed E-state index contributed by atoms with van der Waals surface area (Å²) in [5, 5.41) is 2.01. The number of hydrogen-bond donors (Lipinski definition) is 1. The van der Waals surface area contributed by atoms with E-state index in [4.69, 9.17) is 0 Å². The minimum atomic E-state index is -3.27. The fraction of sp³-hybridized carbons (Fsp3) is 0.591. The summed E-state index contributed by atoms with van der Waals surface area (Å²) in [5.74, 6) is -1.83. The van der Waals surface area contributed by atoms with Crippen LogP contribution in [0.25, 0.3) is 0 Å². The summed E-state index contributed by atoms with van der Waals surface area (Å²) in [4.78, 5) is 38.2. The van der Waals surface area contributed by atoms with E-state index in [0.29, 0.717) is 31.5 Å². The van der Waals surface area contributed by atoms with Crippen molar-refractivity contribution in [2.24, 2.45) is 0 Å². The summed E-state index contributed by atoms with van der Waals surface area (Å²) in [6.45, 7) is 0.968. The molecule has 3 fully saturated rings. The van der Waals surface area contributed by atoms with Crippen LogP contribution in [0.15, 0.2) is 12.1 Å². The van der Waals surface area contributed by atoms with Gasteiger partial charge >= 0.3 is 0 Å². The van der Waals surface area contributed by atoms with Crippen LogP contribution in [-0.4, -0.2) is 59.7 Å². The predicted octanol–water partition coefficient (Wildman–Crippen LogP) is 1.65. The van der Waals surface area contributed by atoms with Gasteiger partial charge in [0.15, 0.2) is 0 Å². The van der Waals surface area contributed by atoms with Crippen molar-refractivity contribution in [3.05, 3.63) is 34.6 Å². The van der Waals surface area contributed by atoms with Crippen LogP contribution in [0.2, 0.25) is 0 Å². The number of carbonyl (C=O) groups excluding carboxylic acids is 3. The average Bonchev–Trinajstić information content (AvgIpc) is 3.02. The molecule has 3 heterocycles. The molecule has 0 spiro atoms. The SMILES string of the molecule is O=C1CCC(N2Cc3c(cc(F)cc3C3CCN(S(=O)(=O)C4CCC4)CC3)C2=O)C(=O)N1. The Balaban J connectivity index is 1.36. The van der Waals surface area contributed by atoms with Gasteiger partial charge in [0.05, 0.1) is 5.25 Å². The summed E-state index contributed by atoms with van der Waals surface area (Å²) in [6.07, 6.45) is 3.93. The second-order valence-corrected chi connectivity index (χ2v) is 11.4. The van der Waals surface area contributed by atoms with Crippen LogP contribution in [-0.2, 0) is 26.2 Å². The van der Waals surface area contributed by atoms with E-state index in [2.05, 4.69) is 5.32 Å². The molecule has 2 saturated heterocycles. The molecule has 1 N–H and O–H groups in total. The first-order valence-corrected chi connectivity index (χ1v) is 12.7. The van der Waals surface area contributed by atoms with Gasteiger partial charge in [0, 0.05) is 31.6 Å². The topological polar surface area (TPSA) is 104 Å². The maximum atomic E-state index is 14.5. The second kappa shape index (κ2) is 7.91. The largest absolute Gasteiger partial charge is 0.322 e. The molecule has 1 atom stereocenters. The molecule has 3 aliphatic heterocycles. The highest BCUT2D eigenvalue weighted by Crippen LogP contribution is 2.39. The molecule has 4 aliphatic rings. The Hall–Kier alpha value is -2.33. The molecule has 1 unspecified atom stereocenters. The molecule has 5 rings (SSSR count). The summed E-state index contributed by atoms with van der Waals surface area (Å²) in [7, 11) is -3.27. The number of fused-ring (bicyclic) bond motifs is 1. The quantitative estimate of drug-likeness (QED) is 0.684. The molecular weight excluding hydrogens is 437 g/mol. The normalized spacial score (nSPS) is 25.6. The zero-order valence-corrected chi connectivity index (χ0v) is 18.5. The van der Waals surface area contributed by atoms with E-state index in [1.165, 1.54) is 17.0 Å². The molecule has 1 aromatic carbocycles. The highest BCUT2D eigenvalue weighted by atomic mass is 32.2. The number of rotatable bonds is 4. The van der Waals surface area contributed by atoms with E-state index < -0.39 is 33.7 Å². The number of carbonyl (C=O) groups is 3. The van der Waals surface area contributed by atoms with Crippen molar-refractivity contribution in [3.8, 4) is 0 Å². The van der Waals surface area contributed by atoms with Crippen LogP contribution < -0.4 is 5.32 Å². The second-order valence-electron chi connectivity index (χ2n) is 9.19. The van der Waals surface area contributed by atoms with E-state index in [1.54, 1.807) is 4.31 Å². The van der Waals surface area contributed by atoms with Crippen molar-refractivity contribution < 1.29 is 27.2 Å². The number of benzene rings is 1. The zero-order chi connectivity index (χ0) is 22.6. The number of hydrogen-bond acceptors (Lipinski definition) is 5. The third-order valence-electron chi connectivity index (χ3n) is 7.38. The number of sulfonamides is 1. The highest BCUT2D eigenvalue weighted by Gasteiger charge is 2.42. The molecule has 8 nitrogen and oxygen atoms in total. The Bertz CT molecular complexity index is 1090. The number of nitrogens with zero attached hydrogens (tertiary/aromatic N) is 2. The van der Waals surface area contributed by atoms with Crippen molar-refractivity contribution >= 4 is 27.7 Å². The van der Waals surface area contributed by atoms with Crippen LogP contribution in [0.5, 0.6) is 0 Å². The Kier molecular flexibility index (Phi) is 5.32. The molecule has 0 aromatic heterocycles. The molecule has 3 amide bonds. The molecule has 32 heavy (non-hydrogen) atoms. The lowest BCUT2D eigenvalue weighted by Crippen LogP contribution is -2.52. The molecule has 1 aliphatic carbocycles. The number of amides is 3. The van der Waals surface area contributed by atoms with E-state index in [-0.39, 0.29) is 42.0 Å². The van der Waals surface area contributed by atoms with Gasteiger partial charge in [-0.15, -0.1) is 0 Å². The van der Waals surface area contributed by atoms with Gasteiger partial charge in [0.1, 0.15) is 11.9 Å². The molecule has 0 radical (unpaired) electrons. The van der Waals surface area contributed by atoms with Crippen molar-refractivity contribution in [3.63, 3.8) is 0 Å². The van der Waals surface area contributed by atoms with Crippen molar-refractivity contribution in [2.75, 3.05) is 13.1 Å². The number of halogens is 1. The lowest BCUT2D eigenvalue weighted by Gasteiger charge is -2.37. The third kappa shape index (κ3) is 3.53. The van der Waals surface area contributed by atoms with Gasteiger partial charge in [-0.05, 0) is 61.3 Å². The van der Waals surface area contributed by atoms with Crippen LogP contribution in [0, 0.1) is 5.82 Å². The maximum absolute atomic E-state index is 14.5. The van der Waals surface area contributed by atoms with Crippen LogP contribution in [0.1, 0.15) is 72.3 Å². The van der Waals surface area contributed by atoms with Crippen molar-refractivity contribution in [1.29, 1.82) is 0 Å². The first-order chi connectivity index (χ1) is 15.3. The fourth-order valence-corrected chi connectivity index (χ4v) is 7.39. The number of imide groups is 1. The Labute approximate surface area is 186 Å². The van der Waals surface area contributed by atoms with Crippen LogP contribution in [0.3, 0.4) is 0 Å².